The number of ether oxygens (including phenoxy) is 1. The Morgan fingerprint density at radius 2 is 2.30 bits per heavy atom. The third-order valence-electron chi connectivity index (χ3n) is 2.78. The topological polar surface area (TPSA) is 65.1 Å². The van der Waals surface area contributed by atoms with Gasteiger partial charge in [0.2, 0.25) is 0 Å². The average Bonchev–Trinajstić information content (AvgIpc) is 2.93. The Bertz CT molecular complexity index is 542. The van der Waals surface area contributed by atoms with Gasteiger partial charge in [0.25, 0.3) is 0 Å². The van der Waals surface area contributed by atoms with Crippen LogP contribution in [0.3, 0.4) is 0 Å². The summed E-state index contributed by atoms with van der Waals surface area (Å²) in [6.45, 7) is 3.80. The van der Waals surface area contributed by atoms with Crippen LogP contribution in [-0.4, -0.2) is 22.9 Å². The molecule has 0 unspecified atom stereocenters. The summed E-state index contributed by atoms with van der Waals surface area (Å²) in [6.07, 6.45) is 4.43. The van der Waals surface area contributed by atoms with Crippen molar-refractivity contribution in [1.29, 1.82) is 0 Å². The first-order valence-corrected chi connectivity index (χ1v) is 6.64. The largest absolute Gasteiger partial charge is 0.490 e. The summed E-state index contributed by atoms with van der Waals surface area (Å²) < 4.78 is 20.8. The summed E-state index contributed by atoms with van der Waals surface area (Å²) in [6, 6.07) is 4.74. The number of aromatic nitrogens is 2. The van der Waals surface area contributed by atoms with Crippen molar-refractivity contribution in [3.05, 3.63) is 36.4 Å². The van der Waals surface area contributed by atoms with Crippen LogP contribution in [0.2, 0.25) is 0 Å². The maximum Gasteiger partial charge on any atom is 0.167 e. The molecule has 20 heavy (non-hydrogen) atoms. The molecule has 0 aliphatic heterocycles. The van der Waals surface area contributed by atoms with Crippen LogP contribution in [0.5, 0.6) is 5.75 Å². The summed E-state index contributed by atoms with van der Waals surface area (Å²) in [5, 5.41) is 7.27. The number of halogens is 1. The second-order valence-electron chi connectivity index (χ2n) is 4.41. The highest BCUT2D eigenvalue weighted by atomic mass is 19.1. The lowest BCUT2D eigenvalue weighted by Gasteiger charge is -2.13. The quantitative estimate of drug-likeness (QED) is 0.764. The summed E-state index contributed by atoms with van der Waals surface area (Å²) in [4.78, 5) is 0. The van der Waals surface area contributed by atoms with Gasteiger partial charge in [-0.15, -0.1) is 0 Å². The minimum absolute atomic E-state index is 0.225. The Morgan fingerprint density at radius 3 is 3.00 bits per heavy atom. The third-order valence-corrected chi connectivity index (χ3v) is 2.78. The van der Waals surface area contributed by atoms with E-state index in [9.17, 15) is 4.39 Å². The van der Waals surface area contributed by atoms with Crippen molar-refractivity contribution >= 4 is 11.4 Å². The molecule has 2 rings (SSSR count). The third kappa shape index (κ3) is 3.63. The highest BCUT2D eigenvalue weighted by molar-refractivity contribution is 5.68. The van der Waals surface area contributed by atoms with Gasteiger partial charge >= 0.3 is 0 Å². The van der Waals surface area contributed by atoms with E-state index in [1.165, 1.54) is 6.07 Å². The van der Waals surface area contributed by atoms with Crippen LogP contribution in [0.1, 0.15) is 13.3 Å². The van der Waals surface area contributed by atoms with E-state index >= 15 is 0 Å². The molecule has 0 atom stereocenters. The molecule has 0 amide bonds. The number of anilines is 2. The van der Waals surface area contributed by atoms with Gasteiger partial charge < -0.3 is 15.8 Å². The van der Waals surface area contributed by atoms with Crippen LogP contribution >= 0.6 is 0 Å². The number of rotatable bonds is 7. The van der Waals surface area contributed by atoms with Crippen LogP contribution in [-0.2, 0) is 6.54 Å². The Morgan fingerprint density at radius 1 is 1.45 bits per heavy atom. The zero-order valence-corrected chi connectivity index (χ0v) is 11.5. The molecule has 108 valence electrons. The number of nitrogens with two attached hydrogens (primary N) is 1. The normalized spacial score (nSPS) is 10.5. The summed E-state index contributed by atoms with van der Waals surface area (Å²) in [5.74, 6) is -0.212. The second-order valence-corrected chi connectivity index (χ2v) is 4.41. The van der Waals surface area contributed by atoms with E-state index in [4.69, 9.17) is 10.5 Å². The first kappa shape index (κ1) is 14.2. The molecule has 0 radical (unpaired) electrons. The van der Waals surface area contributed by atoms with Gasteiger partial charge in [-0.3, -0.25) is 4.68 Å². The van der Waals surface area contributed by atoms with Crippen molar-refractivity contribution in [3.8, 4) is 5.75 Å². The molecule has 1 heterocycles. The van der Waals surface area contributed by atoms with Crippen LogP contribution in [0.25, 0.3) is 0 Å². The molecule has 1 aromatic carbocycles. The van der Waals surface area contributed by atoms with E-state index in [-0.39, 0.29) is 5.75 Å². The molecular weight excluding hydrogens is 259 g/mol. The van der Waals surface area contributed by atoms with Gasteiger partial charge in [0, 0.05) is 31.1 Å². The highest BCUT2D eigenvalue weighted by Gasteiger charge is 2.08. The predicted molar refractivity (Wildman–Crippen MR) is 77.3 cm³/mol. The summed E-state index contributed by atoms with van der Waals surface area (Å²) in [5.41, 5.74) is 6.84. The van der Waals surface area contributed by atoms with Crippen molar-refractivity contribution in [2.24, 2.45) is 0 Å². The number of hydrogen-bond acceptors (Lipinski definition) is 4. The average molecular weight is 278 g/mol. The number of nitrogen functional groups attached to an aromatic ring is 1. The molecule has 1 aromatic heterocycles. The SMILES string of the molecule is CCCOc1cc(NCCn2cccn2)c(N)cc1F. The van der Waals surface area contributed by atoms with Gasteiger partial charge in [-0.05, 0) is 12.5 Å². The molecule has 0 saturated carbocycles. The van der Waals surface area contributed by atoms with Crippen LogP contribution in [0.15, 0.2) is 30.6 Å². The molecule has 0 bridgehead atoms. The van der Waals surface area contributed by atoms with Crippen LogP contribution in [0.4, 0.5) is 15.8 Å². The fourth-order valence-corrected chi connectivity index (χ4v) is 1.78. The van der Waals surface area contributed by atoms with E-state index in [0.717, 1.165) is 6.42 Å². The smallest absolute Gasteiger partial charge is 0.167 e. The van der Waals surface area contributed by atoms with E-state index in [1.807, 2.05) is 19.2 Å². The molecule has 0 saturated heterocycles. The lowest BCUT2D eigenvalue weighted by Crippen LogP contribution is -2.12. The molecule has 0 spiro atoms. The predicted octanol–water partition coefficient (Wildman–Crippen LogP) is 2.51. The zero-order valence-electron chi connectivity index (χ0n) is 11.5. The number of benzene rings is 1. The fraction of sp³-hybridized carbons (Fsp3) is 0.357. The lowest BCUT2D eigenvalue weighted by atomic mass is 10.2. The highest BCUT2D eigenvalue weighted by Crippen LogP contribution is 2.28. The molecule has 2 aromatic rings. The molecule has 5 nitrogen and oxygen atoms in total. The molecule has 0 fully saturated rings. The van der Waals surface area contributed by atoms with Gasteiger partial charge in [0.15, 0.2) is 11.6 Å². The van der Waals surface area contributed by atoms with Gasteiger partial charge in [-0.25, -0.2) is 4.39 Å². The van der Waals surface area contributed by atoms with E-state index < -0.39 is 5.82 Å². The molecule has 3 N–H and O–H groups in total. The van der Waals surface area contributed by atoms with E-state index in [0.29, 0.717) is 31.1 Å². The van der Waals surface area contributed by atoms with Crippen molar-refractivity contribution in [2.45, 2.75) is 19.9 Å². The van der Waals surface area contributed by atoms with Crippen molar-refractivity contribution in [1.82, 2.24) is 9.78 Å². The maximum atomic E-state index is 13.7. The lowest BCUT2D eigenvalue weighted by molar-refractivity contribution is 0.301. The maximum absolute atomic E-state index is 13.7. The minimum atomic E-state index is -0.437. The van der Waals surface area contributed by atoms with Crippen LogP contribution in [0, 0.1) is 5.82 Å². The summed E-state index contributed by atoms with van der Waals surface area (Å²) in [7, 11) is 0. The number of hydrogen-bond donors (Lipinski definition) is 2. The number of nitrogens with zero attached hydrogens (tertiary/aromatic N) is 2. The van der Waals surface area contributed by atoms with Gasteiger partial charge in [-0.2, -0.15) is 5.10 Å². The number of nitrogens with one attached hydrogen (secondary N) is 1. The Kier molecular flexibility index (Phi) is 4.81. The Hall–Kier alpha value is -2.24. The molecule has 6 heteroatoms. The first-order chi connectivity index (χ1) is 9.70. The van der Waals surface area contributed by atoms with Gasteiger partial charge in [0.05, 0.1) is 24.5 Å². The molecular formula is C14H19FN4O. The van der Waals surface area contributed by atoms with Crippen molar-refractivity contribution in [3.63, 3.8) is 0 Å². The van der Waals surface area contributed by atoms with Crippen LogP contribution < -0.4 is 15.8 Å². The van der Waals surface area contributed by atoms with Gasteiger partial charge in [-0.1, -0.05) is 6.92 Å². The second kappa shape index (κ2) is 6.79. The Labute approximate surface area is 117 Å². The standard InChI is InChI=1S/C14H19FN4O/c1-2-8-20-14-10-13(12(16)9-11(14)15)17-5-7-19-6-3-4-18-19/h3-4,6,9-10,17H,2,5,7-8,16H2,1H3. The zero-order chi connectivity index (χ0) is 14.4. The minimum Gasteiger partial charge on any atom is -0.490 e. The van der Waals surface area contributed by atoms with Crippen molar-refractivity contribution in [2.75, 3.05) is 24.2 Å². The fourth-order valence-electron chi connectivity index (χ4n) is 1.78. The van der Waals surface area contributed by atoms with Gasteiger partial charge in [0.1, 0.15) is 0 Å². The van der Waals surface area contributed by atoms with E-state index in [2.05, 4.69) is 10.4 Å². The molecule has 0 aliphatic carbocycles. The van der Waals surface area contributed by atoms with E-state index in [1.54, 1.807) is 16.9 Å². The molecule has 0 aliphatic rings. The summed E-state index contributed by atoms with van der Waals surface area (Å²) >= 11 is 0. The monoisotopic (exact) mass is 278 g/mol. The first-order valence-electron chi connectivity index (χ1n) is 6.64. The van der Waals surface area contributed by atoms with Crippen molar-refractivity contribution < 1.29 is 9.13 Å². The Balaban J connectivity index is 1.99.